The lowest BCUT2D eigenvalue weighted by Crippen LogP contribution is -2.39. The summed E-state index contributed by atoms with van der Waals surface area (Å²) >= 11 is 12.4. The van der Waals surface area contributed by atoms with Crippen molar-refractivity contribution in [1.82, 2.24) is 33.9 Å². The Balaban J connectivity index is 1.41. The molecule has 1 aliphatic heterocycles. The Hall–Kier alpha value is -3.21. The molecule has 1 amide bonds. The number of amides is 1. The maximum absolute atomic E-state index is 14.8. The van der Waals surface area contributed by atoms with Gasteiger partial charge in [-0.25, -0.2) is 4.39 Å². The van der Waals surface area contributed by atoms with Crippen molar-refractivity contribution in [2.75, 3.05) is 20.6 Å². The Kier molecular flexibility index (Phi) is 6.12. The molecule has 1 N–H and O–H groups in total. The highest BCUT2D eigenvalue weighted by Gasteiger charge is 2.27. The van der Waals surface area contributed by atoms with Crippen molar-refractivity contribution >= 4 is 34.6 Å². The number of rotatable bonds is 5. The number of H-pyrrole nitrogens is 1. The van der Waals surface area contributed by atoms with Gasteiger partial charge >= 0.3 is 0 Å². The van der Waals surface area contributed by atoms with Crippen LogP contribution in [0.15, 0.2) is 35.3 Å². The number of aromatic nitrogens is 5. The largest absolute Gasteiger partial charge is 0.329 e. The number of carbonyl (C=O) groups is 1. The Morgan fingerprint density at radius 3 is 2.77 bits per heavy atom. The summed E-state index contributed by atoms with van der Waals surface area (Å²) in [6.07, 6.45) is 1.83. The highest BCUT2D eigenvalue weighted by Crippen LogP contribution is 2.27. The quantitative estimate of drug-likeness (QED) is 0.439. The molecule has 3 aromatic heterocycles. The van der Waals surface area contributed by atoms with Crippen LogP contribution in [-0.2, 0) is 26.1 Å². The van der Waals surface area contributed by atoms with Crippen molar-refractivity contribution < 1.29 is 9.18 Å². The zero-order chi connectivity index (χ0) is 24.9. The molecule has 0 spiro atoms. The summed E-state index contributed by atoms with van der Waals surface area (Å²) in [5, 5.41) is 8.93. The van der Waals surface area contributed by atoms with Gasteiger partial charge in [0.05, 0.1) is 23.7 Å². The number of benzene rings is 1. The average molecular weight is 518 g/mol. The number of nitrogens with one attached hydrogen (secondary N) is 1. The van der Waals surface area contributed by atoms with Gasteiger partial charge in [-0.1, -0.05) is 29.3 Å². The van der Waals surface area contributed by atoms with Gasteiger partial charge in [-0.05, 0) is 37.9 Å². The summed E-state index contributed by atoms with van der Waals surface area (Å²) in [5.41, 5.74) is 1.27. The van der Waals surface area contributed by atoms with Crippen molar-refractivity contribution in [1.29, 1.82) is 0 Å². The van der Waals surface area contributed by atoms with Gasteiger partial charge in [-0.3, -0.25) is 14.0 Å². The van der Waals surface area contributed by atoms with Crippen LogP contribution >= 0.6 is 23.2 Å². The Morgan fingerprint density at radius 2 is 2.00 bits per heavy atom. The molecule has 0 saturated heterocycles. The molecule has 182 valence electrons. The first-order valence-electron chi connectivity index (χ1n) is 10.9. The van der Waals surface area contributed by atoms with E-state index in [1.165, 1.54) is 24.4 Å². The van der Waals surface area contributed by atoms with Crippen LogP contribution < -0.4 is 5.56 Å². The Bertz CT molecular complexity index is 1510. The van der Waals surface area contributed by atoms with E-state index in [9.17, 15) is 14.0 Å². The zero-order valence-corrected chi connectivity index (χ0v) is 20.6. The molecule has 0 atom stereocenters. The highest BCUT2D eigenvalue weighted by molar-refractivity contribution is 6.42. The van der Waals surface area contributed by atoms with Crippen molar-refractivity contribution in [2.24, 2.45) is 0 Å². The van der Waals surface area contributed by atoms with E-state index in [-0.39, 0.29) is 27.8 Å². The number of carbonyl (C=O) groups excluding carboxylic acids is 1. The monoisotopic (exact) mass is 517 g/mol. The minimum Gasteiger partial charge on any atom is -0.329 e. The molecule has 0 saturated carbocycles. The molecule has 0 unspecified atom stereocenters. The third kappa shape index (κ3) is 4.33. The molecule has 5 rings (SSSR count). The van der Waals surface area contributed by atoms with Crippen molar-refractivity contribution in [3.63, 3.8) is 0 Å². The molecule has 4 aromatic rings. The lowest BCUT2D eigenvalue weighted by Gasteiger charge is -2.28. The number of hydrogen-bond donors (Lipinski definition) is 1. The molecule has 0 fully saturated rings. The van der Waals surface area contributed by atoms with Crippen LogP contribution in [0.2, 0.25) is 10.2 Å². The molecular weight excluding hydrogens is 496 g/mol. The number of fused-ring (bicyclic) bond motifs is 2. The van der Waals surface area contributed by atoms with Gasteiger partial charge in [-0.15, -0.1) is 10.2 Å². The van der Waals surface area contributed by atoms with Crippen molar-refractivity contribution in [3.8, 4) is 0 Å². The fraction of sp³-hybridized carbons (Fsp3) is 0.304. The van der Waals surface area contributed by atoms with Crippen LogP contribution in [0, 0.1) is 5.82 Å². The zero-order valence-electron chi connectivity index (χ0n) is 19.1. The highest BCUT2D eigenvalue weighted by atomic mass is 35.5. The van der Waals surface area contributed by atoms with E-state index in [0.29, 0.717) is 48.7 Å². The van der Waals surface area contributed by atoms with E-state index in [4.69, 9.17) is 23.2 Å². The first-order valence-corrected chi connectivity index (χ1v) is 11.7. The lowest BCUT2D eigenvalue weighted by atomic mass is 10.0. The molecule has 35 heavy (non-hydrogen) atoms. The van der Waals surface area contributed by atoms with E-state index in [1.807, 2.05) is 23.6 Å². The summed E-state index contributed by atoms with van der Waals surface area (Å²) in [5.74, 6) is 0.489. The van der Waals surface area contributed by atoms with Gasteiger partial charge in [-0.2, -0.15) is 0 Å². The number of hydrogen-bond acceptors (Lipinski definition) is 5. The van der Waals surface area contributed by atoms with Crippen LogP contribution in [0.3, 0.4) is 0 Å². The van der Waals surface area contributed by atoms with E-state index in [2.05, 4.69) is 15.2 Å². The van der Waals surface area contributed by atoms with Crippen LogP contribution in [0.1, 0.15) is 33.3 Å². The van der Waals surface area contributed by atoms with Gasteiger partial charge in [0.15, 0.2) is 5.82 Å². The number of halogens is 3. The third-order valence-corrected chi connectivity index (χ3v) is 6.77. The molecule has 1 aliphatic rings. The molecule has 12 heteroatoms. The predicted molar refractivity (Wildman–Crippen MR) is 129 cm³/mol. The standard InChI is InChI=1S/C23H22Cl2FN7O2/c1-30(2)11-19-28-29-20-12-31(5-6-32(19)20)23(35)15-8-13(3-4-17(15)26)7-14-10-27-22(34)18-9-16(24)21(25)33(14)18/h3-4,8-10H,5-7,11-12H2,1-2H3,(H,27,34). The van der Waals surface area contributed by atoms with Crippen LogP contribution in [0.4, 0.5) is 4.39 Å². The molecule has 0 radical (unpaired) electrons. The summed E-state index contributed by atoms with van der Waals surface area (Å²) in [6.45, 7) is 1.86. The Labute approximate surface area is 209 Å². The SMILES string of the molecule is CN(C)Cc1nnc2n1CCN(C(=O)c1cc(Cc3c[nH]c(=O)c4cc(Cl)c(Cl)n34)ccc1F)C2. The molecule has 1 aromatic carbocycles. The van der Waals surface area contributed by atoms with E-state index < -0.39 is 11.7 Å². The van der Waals surface area contributed by atoms with Crippen LogP contribution in [0.25, 0.3) is 5.52 Å². The predicted octanol–water partition coefficient (Wildman–Crippen LogP) is 2.97. The molecule has 0 aliphatic carbocycles. The van der Waals surface area contributed by atoms with Crippen molar-refractivity contribution in [2.45, 2.75) is 26.1 Å². The first-order chi connectivity index (χ1) is 16.7. The van der Waals surface area contributed by atoms with E-state index in [1.54, 1.807) is 15.4 Å². The minimum absolute atomic E-state index is 0.0266. The molecule has 4 heterocycles. The van der Waals surface area contributed by atoms with Gasteiger partial charge in [0.25, 0.3) is 11.5 Å². The van der Waals surface area contributed by atoms with E-state index >= 15 is 0 Å². The molecule has 9 nitrogen and oxygen atoms in total. The molecular formula is C23H22Cl2FN7O2. The normalized spacial score (nSPS) is 13.6. The summed E-state index contributed by atoms with van der Waals surface area (Å²) in [7, 11) is 3.90. The number of nitrogens with zero attached hydrogens (tertiary/aromatic N) is 6. The second kappa shape index (κ2) is 9.10. The van der Waals surface area contributed by atoms with Crippen molar-refractivity contribution in [3.05, 3.63) is 85.3 Å². The second-order valence-electron chi connectivity index (χ2n) is 8.75. The lowest BCUT2D eigenvalue weighted by molar-refractivity contribution is 0.0701. The van der Waals surface area contributed by atoms with Crippen LogP contribution in [0.5, 0.6) is 0 Å². The van der Waals surface area contributed by atoms with Crippen LogP contribution in [-0.4, -0.2) is 60.5 Å². The second-order valence-corrected chi connectivity index (χ2v) is 9.52. The number of aromatic amines is 1. The molecule has 0 bridgehead atoms. The average Bonchev–Trinajstić information content (AvgIpc) is 3.36. The maximum atomic E-state index is 14.8. The third-order valence-electron chi connectivity index (χ3n) is 6.01. The fourth-order valence-corrected chi connectivity index (χ4v) is 4.78. The smallest absolute Gasteiger partial charge is 0.272 e. The Morgan fingerprint density at radius 1 is 1.20 bits per heavy atom. The topological polar surface area (TPSA) is 91.5 Å². The minimum atomic E-state index is -0.604. The van der Waals surface area contributed by atoms with E-state index in [0.717, 1.165) is 5.82 Å². The van der Waals surface area contributed by atoms with Gasteiger partial charge in [0.1, 0.15) is 22.3 Å². The van der Waals surface area contributed by atoms with Gasteiger partial charge in [0.2, 0.25) is 0 Å². The first kappa shape index (κ1) is 23.5. The van der Waals surface area contributed by atoms with Gasteiger partial charge in [0, 0.05) is 31.4 Å². The summed E-state index contributed by atoms with van der Waals surface area (Å²) in [6, 6.07) is 5.90. The van der Waals surface area contributed by atoms with Gasteiger partial charge < -0.3 is 19.4 Å². The fourth-order valence-electron chi connectivity index (χ4n) is 4.34. The summed E-state index contributed by atoms with van der Waals surface area (Å²) < 4.78 is 18.3. The maximum Gasteiger partial charge on any atom is 0.272 e. The summed E-state index contributed by atoms with van der Waals surface area (Å²) in [4.78, 5) is 31.7.